The number of amides is 1. The lowest BCUT2D eigenvalue weighted by Gasteiger charge is -2.12. The second kappa shape index (κ2) is 6.04. The third-order valence-electron chi connectivity index (χ3n) is 4.28. The van der Waals surface area contributed by atoms with E-state index < -0.39 is 0 Å². The van der Waals surface area contributed by atoms with Gasteiger partial charge in [0.15, 0.2) is 0 Å². The molecule has 0 radical (unpaired) electrons. The van der Waals surface area contributed by atoms with Crippen LogP contribution in [0.5, 0.6) is 0 Å². The fourth-order valence-electron chi connectivity index (χ4n) is 2.49. The van der Waals surface area contributed by atoms with E-state index in [0.717, 1.165) is 24.6 Å². The van der Waals surface area contributed by atoms with Crippen molar-refractivity contribution in [2.24, 2.45) is 11.3 Å². The van der Waals surface area contributed by atoms with Gasteiger partial charge in [-0.3, -0.25) is 4.79 Å². The van der Waals surface area contributed by atoms with E-state index >= 15 is 0 Å². The van der Waals surface area contributed by atoms with E-state index in [0.29, 0.717) is 22.8 Å². The quantitative estimate of drug-likeness (QED) is 0.843. The van der Waals surface area contributed by atoms with Crippen molar-refractivity contribution in [3.8, 4) is 0 Å². The Labute approximate surface area is 127 Å². The summed E-state index contributed by atoms with van der Waals surface area (Å²) in [5.41, 5.74) is 2.04. The minimum Gasteiger partial charge on any atom is -0.370 e. The largest absolute Gasteiger partial charge is 0.370 e. The van der Waals surface area contributed by atoms with Gasteiger partial charge in [0.25, 0.3) is 5.91 Å². The van der Waals surface area contributed by atoms with Crippen LogP contribution >= 0.6 is 0 Å². The Morgan fingerprint density at radius 1 is 1.43 bits per heavy atom. The Balaban J connectivity index is 2.08. The van der Waals surface area contributed by atoms with Gasteiger partial charge in [0.2, 0.25) is 0 Å². The molecule has 0 aliphatic heterocycles. The molecule has 1 aliphatic rings. The van der Waals surface area contributed by atoms with Gasteiger partial charge < -0.3 is 10.6 Å². The maximum atomic E-state index is 12.4. The number of nitrogens with one attached hydrogen (secondary N) is 2. The van der Waals surface area contributed by atoms with Crippen molar-refractivity contribution >= 4 is 11.7 Å². The van der Waals surface area contributed by atoms with Crippen LogP contribution in [0.3, 0.4) is 0 Å². The van der Waals surface area contributed by atoms with Crippen molar-refractivity contribution in [2.45, 2.75) is 47.0 Å². The van der Waals surface area contributed by atoms with Gasteiger partial charge in [-0.2, -0.15) is 0 Å². The number of carbonyl (C=O) groups excluding carboxylic acids is 1. The van der Waals surface area contributed by atoms with Crippen molar-refractivity contribution in [1.82, 2.24) is 10.3 Å². The van der Waals surface area contributed by atoms with Crippen molar-refractivity contribution in [2.75, 3.05) is 18.4 Å². The van der Waals surface area contributed by atoms with Crippen LogP contribution in [-0.2, 0) is 0 Å². The van der Waals surface area contributed by atoms with Crippen molar-refractivity contribution in [3.05, 3.63) is 23.4 Å². The first-order valence-corrected chi connectivity index (χ1v) is 7.87. The predicted octanol–water partition coefficient (Wildman–Crippen LogP) is 3.41. The minimum absolute atomic E-state index is 0.00107. The summed E-state index contributed by atoms with van der Waals surface area (Å²) in [7, 11) is 0. The zero-order valence-electron chi connectivity index (χ0n) is 13.8. The third kappa shape index (κ3) is 3.96. The lowest BCUT2D eigenvalue weighted by Crippen LogP contribution is -2.27. The normalized spacial score (nSPS) is 19.4. The van der Waals surface area contributed by atoms with Crippen LogP contribution in [0.4, 0.5) is 5.82 Å². The number of aromatic nitrogens is 1. The fourth-order valence-corrected chi connectivity index (χ4v) is 2.49. The topological polar surface area (TPSA) is 54.0 Å². The van der Waals surface area contributed by atoms with Gasteiger partial charge in [-0.05, 0) is 42.7 Å². The molecule has 2 rings (SSSR count). The molecular weight excluding hydrogens is 262 g/mol. The lowest BCUT2D eigenvalue weighted by molar-refractivity contribution is 0.0950. The number of hydrogen-bond acceptors (Lipinski definition) is 3. The van der Waals surface area contributed by atoms with Gasteiger partial charge in [0.1, 0.15) is 5.82 Å². The molecule has 0 bridgehead atoms. The molecule has 1 heterocycles. The molecule has 4 nitrogen and oxygen atoms in total. The van der Waals surface area contributed by atoms with Crippen LogP contribution in [0.1, 0.15) is 63.0 Å². The van der Waals surface area contributed by atoms with E-state index in [1.54, 1.807) is 0 Å². The minimum atomic E-state index is 0.00107. The predicted molar refractivity (Wildman–Crippen MR) is 86.7 cm³/mol. The van der Waals surface area contributed by atoms with Crippen LogP contribution in [-0.4, -0.2) is 24.0 Å². The smallest absolute Gasteiger partial charge is 0.251 e. The van der Waals surface area contributed by atoms with Crippen LogP contribution < -0.4 is 10.6 Å². The van der Waals surface area contributed by atoms with Crippen LogP contribution in [0, 0.1) is 11.3 Å². The summed E-state index contributed by atoms with van der Waals surface area (Å²) in [4.78, 5) is 16.9. The van der Waals surface area contributed by atoms with Gasteiger partial charge in [-0.25, -0.2) is 4.98 Å². The first kappa shape index (κ1) is 15.8. The number of rotatable bonds is 6. The first-order chi connectivity index (χ1) is 9.83. The van der Waals surface area contributed by atoms with E-state index in [4.69, 9.17) is 0 Å². The first-order valence-electron chi connectivity index (χ1n) is 7.87. The van der Waals surface area contributed by atoms with Crippen LogP contribution in [0.2, 0.25) is 0 Å². The third-order valence-corrected chi connectivity index (χ3v) is 4.28. The van der Waals surface area contributed by atoms with Gasteiger partial charge in [0.05, 0.1) is 0 Å². The second-order valence-electron chi connectivity index (χ2n) is 6.95. The standard InChI is InChI=1S/C17H27N3O/c1-6-18-15-8-12(7-14(20-15)11(2)3)16(21)19-10-13-9-17(13,4)5/h7-8,11,13H,6,9-10H2,1-5H3,(H,18,20)(H,19,21). The summed E-state index contributed by atoms with van der Waals surface area (Å²) in [5, 5.41) is 6.25. The van der Waals surface area contributed by atoms with Crippen molar-refractivity contribution < 1.29 is 4.79 Å². The molecule has 1 fully saturated rings. The van der Waals surface area contributed by atoms with E-state index in [-0.39, 0.29) is 5.91 Å². The molecular formula is C17H27N3O. The van der Waals surface area contributed by atoms with Crippen LogP contribution in [0.15, 0.2) is 12.1 Å². The van der Waals surface area contributed by atoms with Crippen molar-refractivity contribution in [3.63, 3.8) is 0 Å². The summed E-state index contributed by atoms with van der Waals surface area (Å²) in [6, 6.07) is 3.74. The molecule has 1 amide bonds. The second-order valence-corrected chi connectivity index (χ2v) is 6.95. The lowest BCUT2D eigenvalue weighted by atomic mass is 10.1. The number of anilines is 1. The van der Waals surface area contributed by atoms with Gasteiger partial charge in [-0.15, -0.1) is 0 Å². The molecule has 2 N–H and O–H groups in total. The van der Waals surface area contributed by atoms with Gasteiger partial charge >= 0.3 is 0 Å². The average molecular weight is 289 g/mol. The molecule has 1 unspecified atom stereocenters. The summed E-state index contributed by atoms with van der Waals surface area (Å²) < 4.78 is 0. The average Bonchev–Trinajstić information content (AvgIpc) is 3.03. The molecule has 21 heavy (non-hydrogen) atoms. The SMILES string of the molecule is CCNc1cc(C(=O)NCC2CC2(C)C)cc(C(C)C)n1. The zero-order valence-corrected chi connectivity index (χ0v) is 13.8. The van der Waals surface area contributed by atoms with Crippen molar-refractivity contribution in [1.29, 1.82) is 0 Å². The Bertz CT molecular complexity index is 523. The molecule has 1 aromatic heterocycles. The zero-order chi connectivity index (χ0) is 15.6. The van der Waals surface area contributed by atoms with Gasteiger partial charge in [-0.1, -0.05) is 27.7 Å². The highest BCUT2D eigenvalue weighted by Gasteiger charge is 2.45. The van der Waals surface area contributed by atoms with E-state index in [1.165, 1.54) is 6.42 Å². The van der Waals surface area contributed by atoms with Gasteiger partial charge in [0, 0.05) is 24.3 Å². The van der Waals surface area contributed by atoms with E-state index in [1.807, 2.05) is 19.1 Å². The highest BCUT2D eigenvalue weighted by atomic mass is 16.1. The van der Waals surface area contributed by atoms with E-state index in [9.17, 15) is 4.79 Å². The number of nitrogens with zero attached hydrogens (tertiary/aromatic N) is 1. The fraction of sp³-hybridized carbons (Fsp3) is 0.647. The maximum Gasteiger partial charge on any atom is 0.251 e. The Hall–Kier alpha value is -1.58. The van der Waals surface area contributed by atoms with E-state index in [2.05, 4.69) is 43.3 Å². The molecule has 0 spiro atoms. The monoisotopic (exact) mass is 289 g/mol. The molecule has 0 aromatic carbocycles. The number of hydrogen-bond donors (Lipinski definition) is 2. The number of carbonyl (C=O) groups is 1. The molecule has 1 aliphatic carbocycles. The maximum absolute atomic E-state index is 12.4. The molecule has 0 saturated heterocycles. The summed E-state index contributed by atoms with van der Waals surface area (Å²) in [6.45, 7) is 12.3. The summed E-state index contributed by atoms with van der Waals surface area (Å²) >= 11 is 0. The molecule has 4 heteroatoms. The Morgan fingerprint density at radius 2 is 2.10 bits per heavy atom. The molecule has 116 valence electrons. The van der Waals surface area contributed by atoms with Crippen LogP contribution in [0.25, 0.3) is 0 Å². The number of pyridine rings is 1. The Kier molecular flexibility index (Phi) is 4.55. The molecule has 1 atom stereocenters. The summed E-state index contributed by atoms with van der Waals surface area (Å²) in [5.74, 6) is 1.69. The molecule has 1 saturated carbocycles. The highest BCUT2D eigenvalue weighted by molar-refractivity contribution is 5.95. The highest BCUT2D eigenvalue weighted by Crippen LogP contribution is 2.50. The summed E-state index contributed by atoms with van der Waals surface area (Å²) in [6.07, 6.45) is 1.20. The Morgan fingerprint density at radius 3 is 2.62 bits per heavy atom. The molecule has 1 aromatic rings.